The predicted octanol–water partition coefficient (Wildman–Crippen LogP) is 2.77. The van der Waals surface area contributed by atoms with E-state index in [9.17, 15) is 4.79 Å². The Morgan fingerprint density at radius 3 is 2.88 bits per heavy atom. The van der Waals surface area contributed by atoms with Crippen LogP contribution in [0.1, 0.15) is 44.5 Å². The molecule has 0 saturated carbocycles. The monoisotopic (exact) mass is 352 g/mol. The maximum atomic E-state index is 12.1. The zero-order valence-corrected chi connectivity index (χ0v) is 15.0. The first-order chi connectivity index (χ1) is 12.4. The van der Waals surface area contributed by atoms with Crippen molar-refractivity contribution in [2.45, 2.75) is 38.7 Å². The Morgan fingerprint density at radius 2 is 2.23 bits per heavy atom. The number of hydrogen-bond acceptors (Lipinski definition) is 6. The number of hydrogen-bond donors (Lipinski definition) is 0. The van der Waals surface area contributed by atoms with Gasteiger partial charge in [0.2, 0.25) is 0 Å². The van der Waals surface area contributed by atoms with Gasteiger partial charge in [-0.15, -0.1) is 5.10 Å². The molecule has 1 unspecified atom stereocenters. The Kier molecular flexibility index (Phi) is 4.71. The molecule has 0 fully saturated rings. The van der Waals surface area contributed by atoms with Crippen molar-refractivity contribution in [1.82, 2.24) is 24.9 Å². The number of ether oxygens (including phenoxy) is 1. The van der Waals surface area contributed by atoms with Gasteiger partial charge in [-0.3, -0.25) is 4.90 Å². The highest BCUT2D eigenvalue weighted by atomic mass is 16.6. The maximum Gasteiger partial charge on any atom is 0.414 e. The summed E-state index contributed by atoms with van der Waals surface area (Å²) in [6, 6.07) is 5.56. The van der Waals surface area contributed by atoms with Gasteiger partial charge in [0.25, 0.3) is 0 Å². The van der Waals surface area contributed by atoms with Crippen molar-refractivity contribution < 1.29 is 9.53 Å². The van der Waals surface area contributed by atoms with Crippen LogP contribution in [0, 0.1) is 11.3 Å². The largest absolute Gasteiger partial charge is 0.443 e. The molecule has 1 aliphatic heterocycles. The molecule has 8 nitrogen and oxygen atoms in total. The molecule has 8 heteroatoms. The van der Waals surface area contributed by atoms with Crippen LogP contribution in [-0.4, -0.2) is 43.1 Å². The molecule has 0 aromatic carbocycles. The van der Waals surface area contributed by atoms with Crippen molar-refractivity contribution in [2.24, 2.45) is 0 Å². The predicted molar refractivity (Wildman–Crippen MR) is 93.3 cm³/mol. The normalized spacial score (nSPS) is 17.0. The number of aromatic nitrogens is 4. The van der Waals surface area contributed by atoms with E-state index in [4.69, 9.17) is 10.00 Å². The third-order valence-electron chi connectivity index (χ3n) is 3.84. The van der Waals surface area contributed by atoms with Crippen molar-refractivity contribution in [1.29, 1.82) is 5.26 Å². The van der Waals surface area contributed by atoms with Crippen LogP contribution in [0.2, 0.25) is 0 Å². The molecule has 0 radical (unpaired) electrons. The van der Waals surface area contributed by atoms with Gasteiger partial charge in [-0.2, -0.15) is 5.26 Å². The Labute approximate surface area is 151 Å². The topological polar surface area (TPSA) is 96.9 Å². The van der Waals surface area contributed by atoms with Crippen molar-refractivity contribution in [2.75, 3.05) is 6.54 Å². The zero-order valence-electron chi connectivity index (χ0n) is 15.0. The molecule has 134 valence electrons. The Morgan fingerprint density at radius 1 is 1.42 bits per heavy atom. The van der Waals surface area contributed by atoms with Gasteiger partial charge in [-0.05, 0) is 39.3 Å². The van der Waals surface area contributed by atoms with Crippen molar-refractivity contribution in [3.63, 3.8) is 0 Å². The quantitative estimate of drug-likeness (QED) is 0.824. The summed E-state index contributed by atoms with van der Waals surface area (Å²) >= 11 is 0. The fourth-order valence-corrected chi connectivity index (χ4v) is 2.61. The maximum absolute atomic E-state index is 12.1. The molecular formula is C18H20N6O2. The van der Waals surface area contributed by atoms with Crippen molar-refractivity contribution in [3.05, 3.63) is 48.2 Å². The second kappa shape index (κ2) is 6.96. The van der Waals surface area contributed by atoms with Crippen LogP contribution in [0.3, 0.4) is 0 Å². The van der Waals surface area contributed by atoms with Crippen LogP contribution < -0.4 is 0 Å². The van der Waals surface area contributed by atoms with Crippen LogP contribution in [-0.2, 0) is 4.74 Å². The van der Waals surface area contributed by atoms with Crippen LogP contribution >= 0.6 is 0 Å². The summed E-state index contributed by atoms with van der Waals surface area (Å²) in [4.78, 5) is 17.7. The minimum absolute atomic E-state index is 0.0460. The molecular weight excluding hydrogens is 332 g/mol. The zero-order chi connectivity index (χ0) is 18.7. The lowest BCUT2D eigenvalue weighted by Crippen LogP contribution is -2.36. The van der Waals surface area contributed by atoms with Gasteiger partial charge >= 0.3 is 6.09 Å². The standard InChI is InChI=1S/C18H20N6O2/c1-18(2,3)26-17(25)23-9-6-13(7-10-23)15-12-24(22-21-15)16-5-4-8-20-14(16)11-19/h4-6,8-9,12-13H,7,10H2,1-3H3. The Balaban J connectivity index is 1.73. The summed E-state index contributed by atoms with van der Waals surface area (Å²) in [6.45, 7) is 6.06. The van der Waals surface area contributed by atoms with Crippen molar-refractivity contribution in [3.8, 4) is 11.8 Å². The molecule has 0 N–H and O–H groups in total. The molecule has 1 aliphatic rings. The van der Waals surface area contributed by atoms with Gasteiger partial charge < -0.3 is 4.74 Å². The fraction of sp³-hybridized carbons (Fsp3) is 0.389. The third-order valence-corrected chi connectivity index (χ3v) is 3.84. The Bertz CT molecular complexity index is 874. The molecule has 1 atom stereocenters. The number of rotatable bonds is 2. The van der Waals surface area contributed by atoms with E-state index in [1.807, 2.05) is 32.9 Å². The van der Waals surface area contributed by atoms with Crippen LogP contribution in [0.5, 0.6) is 0 Å². The van der Waals surface area contributed by atoms with E-state index in [-0.39, 0.29) is 12.0 Å². The molecule has 1 amide bonds. The molecule has 0 aliphatic carbocycles. The van der Waals surface area contributed by atoms with Gasteiger partial charge in [0.1, 0.15) is 17.4 Å². The summed E-state index contributed by atoms with van der Waals surface area (Å²) in [5, 5.41) is 17.5. The minimum Gasteiger partial charge on any atom is -0.443 e. The van der Waals surface area contributed by atoms with Gasteiger partial charge in [-0.25, -0.2) is 14.5 Å². The molecule has 26 heavy (non-hydrogen) atoms. The number of nitrogens with zero attached hydrogens (tertiary/aromatic N) is 6. The molecule has 0 saturated heterocycles. The minimum atomic E-state index is -0.521. The lowest BCUT2D eigenvalue weighted by Gasteiger charge is -2.28. The molecule has 3 rings (SSSR count). The third kappa shape index (κ3) is 3.88. The lowest BCUT2D eigenvalue weighted by atomic mass is 9.99. The fourth-order valence-electron chi connectivity index (χ4n) is 2.61. The van der Waals surface area contributed by atoms with E-state index < -0.39 is 5.60 Å². The van der Waals surface area contributed by atoms with Gasteiger partial charge in [0.15, 0.2) is 5.69 Å². The molecule has 2 aromatic heterocycles. The van der Waals surface area contributed by atoms with Crippen molar-refractivity contribution >= 4 is 6.09 Å². The molecule has 0 bridgehead atoms. The van der Waals surface area contributed by atoms with Crippen LogP contribution in [0.15, 0.2) is 36.8 Å². The second-order valence-corrected chi connectivity index (χ2v) is 6.98. The molecule has 3 heterocycles. The molecule has 2 aromatic rings. The van der Waals surface area contributed by atoms with Gasteiger partial charge in [0.05, 0.1) is 11.9 Å². The average Bonchev–Trinajstić information content (AvgIpc) is 3.10. The highest BCUT2D eigenvalue weighted by molar-refractivity contribution is 5.69. The summed E-state index contributed by atoms with van der Waals surface area (Å²) in [5.74, 6) is 0.0460. The number of carbonyl (C=O) groups is 1. The van der Waals surface area contributed by atoms with E-state index in [0.717, 1.165) is 5.69 Å². The highest BCUT2D eigenvalue weighted by Crippen LogP contribution is 2.25. The summed E-state index contributed by atoms with van der Waals surface area (Å²) in [5.41, 5.74) is 1.13. The van der Waals surface area contributed by atoms with E-state index >= 15 is 0 Å². The van der Waals surface area contributed by atoms with Crippen LogP contribution in [0.25, 0.3) is 5.69 Å². The second-order valence-electron chi connectivity index (χ2n) is 6.98. The molecule has 0 spiro atoms. The number of carbonyl (C=O) groups excluding carboxylic acids is 1. The first-order valence-electron chi connectivity index (χ1n) is 8.33. The first kappa shape index (κ1) is 17.6. The summed E-state index contributed by atoms with van der Waals surface area (Å²) in [6.07, 6.45) is 7.35. The number of pyridine rings is 1. The lowest BCUT2D eigenvalue weighted by molar-refractivity contribution is 0.0324. The van der Waals surface area contributed by atoms with Gasteiger partial charge in [-0.1, -0.05) is 11.3 Å². The highest BCUT2D eigenvalue weighted by Gasteiger charge is 2.25. The van der Waals surface area contributed by atoms with E-state index in [0.29, 0.717) is 24.3 Å². The van der Waals surface area contributed by atoms with Gasteiger partial charge in [0, 0.05) is 24.9 Å². The van der Waals surface area contributed by atoms with E-state index in [1.54, 1.807) is 40.3 Å². The van der Waals surface area contributed by atoms with E-state index in [2.05, 4.69) is 15.3 Å². The number of nitriles is 1. The summed E-state index contributed by atoms with van der Waals surface area (Å²) < 4.78 is 6.92. The summed E-state index contributed by atoms with van der Waals surface area (Å²) in [7, 11) is 0. The average molecular weight is 352 g/mol. The van der Waals surface area contributed by atoms with E-state index in [1.165, 1.54) is 0 Å². The SMILES string of the molecule is CC(C)(C)OC(=O)N1C=CC(c2cn(-c3cccnc3C#N)nn2)CC1. The number of amides is 1. The van der Waals surface area contributed by atoms with Crippen LogP contribution in [0.4, 0.5) is 4.79 Å². The first-order valence-corrected chi connectivity index (χ1v) is 8.33. The number of allylic oxidation sites excluding steroid dienone is 1. The Hall–Kier alpha value is -3.21. The smallest absolute Gasteiger partial charge is 0.414 e.